The van der Waals surface area contributed by atoms with Gasteiger partial charge in [0.1, 0.15) is 12.8 Å². The van der Waals surface area contributed by atoms with E-state index in [0.29, 0.717) is 32.7 Å². The molecule has 3 rings (SSSR count). The Morgan fingerprint density at radius 1 is 1.28 bits per heavy atom. The van der Waals surface area contributed by atoms with Crippen LogP contribution in [0.5, 0.6) is 0 Å². The fourth-order valence-electron chi connectivity index (χ4n) is 3.88. The summed E-state index contributed by atoms with van der Waals surface area (Å²) < 4.78 is 5.35. The zero-order valence-corrected chi connectivity index (χ0v) is 22.5. The molecule has 9 heteroatoms. The lowest BCUT2D eigenvalue weighted by Gasteiger charge is -2.40. The molecule has 2 fully saturated rings. The van der Waals surface area contributed by atoms with Crippen molar-refractivity contribution in [2.75, 3.05) is 33.4 Å². The number of nitrogens with zero attached hydrogens (tertiary/aromatic N) is 1. The first-order valence-electron chi connectivity index (χ1n) is 12.3. The highest BCUT2D eigenvalue weighted by molar-refractivity contribution is 5.83. The van der Waals surface area contributed by atoms with E-state index in [9.17, 15) is 9.90 Å². The Morgan fingerprint density at radius 2 is 1.83 bits per heavy atom. The van der Waals surface area contributed by atoms with Crippen molar-refractivity contribution in [3.63, 3.8) is 0 Å². The number of amides is 1. The fraction of sp³-hybridized carbons (Fsp3) is 0.630. The third-order valence-corrected chi connectivity index (χ3v) is 5.82. The number of hydrogen-bond acceptors (Lipinski definition) is 8. The molecule has 0 aromatic heterocycles. The molecule has 6 N–H and O–H groups in total. The van der Waals surface area contributed by atoms with Gasteiger partial charge in [-0.25, -0.2) is 5.43 Å². The molecule has 2 atom stereocenters. The van der Waals surface area contributed by atoms with E-state index in [-0.39, 0.29) is 17.4 Å². The molecule has 0 radical (unpaired) electrons. The van der Waals surface area contributed by atoms with E-state index in [4.69, 9.17) is 20.5 Å². The summed E-state index contributed by atoms with van der Waals surface area (Å²) in [6.45, 7) is 12.7. The van der Waals surface area contributed by atoms with Crippen LogP contribution in [0.15, 0.2) is 24.3 Å². The van der Waals surface area contributed by atoms with E-state index in [1.807, 2.05) is 32.9 Å². The number of aliphatic hydroxyl groups is 2. The van der Waals surface area contributed by atoms with Crippen LogP contribution in [0.25, 0.3) is 0 Å². The van der Waals surface area contributed by atoms with Gasteiger partial charge in [0.2, 0.25) is 5.91 Å². The number of carbonyl (C=O) groups is 2. The summed E-state index contributed by atoms with van der Waals surface area (Å²) >= 11 is 0. The van der Waals surface area contributed by atoms with Crippen LogP contribution in [0, 0.1) is 17.3 Å². The number of benzene rings is 1. The van der Waals surface area contributed by atoms with Gasteiger partial charge in [-0.05, 0) is 70.2 Å². The molecule has 204 valence electrons. The number of nitrogens with one attached hydrogen (secondary N) is 2. The third-order valence-electron chi connectivity index (χ3n) is 5.82. The molecule has 1 aromatic carbocycles. The lowest BCUT2D eigenvalue weighted by molar-refractivity contribution is -0.138. The maximum Gasteiger partial charge on any atom is 0.241 e. The first-order chi connectivity index (χ1) is 17.2. The minimum absolute atomic E-state index is 0.00144. The second-order valence-corrected chi connectivity index (χ2v) is 9.29. The average Bonchev–Trinajstić information content (AvgIpc) is 3.29. The molecule has 0 bridgehead atoms. The largest absolute Gasteiger partial charge is 0.394 e. The Hall–Kier alpha value is -2.32. The van der Waals surface area contributed by atoms with Crippen LogP contribution in [0.3, 0.4) is 0 Å². The fourth-order valence-corrected chi connectivity index (χ4v) is 3.88. The number of likely N-dealkylation sites (tertiary alicyclic amines) is 1. The molecule has 2 saturated heterocycles. The normalized spacial score (nSPS) is 18.7. The highest BCUT2D eigenvalue weighted by atomic mass is 16.5. The molecular weight excluding hydrogens is 460 g/mol. The Balaban J connectivity index is 0.000000588. The number of ether oxygens (including phenoxy) is 1. The smallest absolute Gasteiger partial charge is 0.241 e. The van der Waals surface area contributed by atoms with Gasteiger partial charge in [0.25, 0.3) is 0 Å². The van der Waals surface area contributed by atoms with Crippen LogP contribution in [0.4, 0.5) is 0 Å². The van der Waals surface area contributed by atoms with Gasteiger partial charge in [0.05, 0.1) is 6.10 Å². The van der Waals surface area contributed by atoms with Crippen LogP contribution >= 0.6 is 0 Å². The van der Waals surface area contributed by atoms with Crippen LogP contribution in [0.2, 0.25) is 0 Å². The molecule has 36 heavy (non-hydrogen) atoms. The van der Waals surface area contributed by atoms with E-state index < -0.39 is 12.1 Å². The Bertz CT molecular complexity index is 783. The molecule has 2 heterocycles. The Morgan fingerprint density at radius 3 is 2.25 bits per heavy atom. The zero-order valence-electron chi connectivity index (χ0n) is 22.5. The second kappa shape index (κ2) is 18.9. The van der Waals surface area contributed by atoms with Crippen LogP contribution in [0.1, 0.15) is 58.1 Å². The standard InChI is InChI=1S/C12H23N3O3.C11H13N.C3H8O.CH2O/c1-12(3-6-18-7-4-12)10(14-13)11(17)15-5-2-9(16)8-15;1-3-4-10-5-7-11(8-6-10)9-12-2;1-3(2)4;1-2/h9-10,14,16H,2-8,13H2,1H3;5-8,12H,9H2,1-2H3;3-4H,1-2H3;1H2. The van der Waals surface area contributed by atoms with Crippen LogP contribution in [-0.4, -0.2) is 79.4 Å². The molecule has 1 aromatic rings. The van der Waals surface area contributed by atoms with Crippen molar-refractivity contribution in [3.8, 4) is 11.8 Å². The van der Waals surface area contributed by atoms with Gasteiger partial charge in [-0.1, -0.05) is 25.0 Å². The quantitative estimate of drug-likeness (QED) is 0.228. The van der Waals surface area contributed by atoms with Crippen molar-refractivity contribution >= 4 is 12.7 Å². The number of β-amino-alcohol motifs (C(OH)–C–C–N with tert-alkyl or cyclic N) is 1. The molecule has 2 unspecified atom stereocenters. The molecule has 0 saturated carbocycles. The molecule has 2 aliphatic rings. The summed E-state index contributed by atoms with van der Waals surface area (Å²) in [5, 5.41) is 20.7. The number of aliphatic hydroxyl groups excluding tert-OH is 2. The van der Waals surface area contributed by atoms with Gasteiger partial charge in [0, 0.05) is 44.5 Å². The second-order valence-electron chi connectivity index (χ2n) is 9.29. The van der Waals surface area contributed by atoms with E-state index in [1.165, 1.54) is 5.56 Å². The Labute approximate surface area is 216 Å². The van der Waals surface area contributed by atoms with Gasteiger partial charge in [-0.2, -0.15) is 0 Å². The zero-order chi connectivity index (χ0) is 27.6. The highest BCUT2D eigenvalue weighted by Crippen LogP contribution is 2.34. The van der Waals surface area contributed by atoms with E-state index >= 15 is 0 Å². The number of nitrogens with two attached hydrogens (primary N) is 1. The van der Waals surface area contributed by atoms with E-state index in [0.717, 1.165) is 24.9 Å². The lowest BCUT2D eigenvalue weighted by Crippen LogP contribution is -2.58. The summed E-state index contributed by atoms with van der Waals surface area (Å²) in [7, 11) is 1.94. The minimum Gasteiger partial charge on any atom is -0.394 e. The summed E-state index contributed by atoms with van der Waals surface area (Å²) in [5.41, 5.74) is 4.88. The van der Waals surface area contributed by atoms with Crippen molar-refractivity contribution in [2.24, 2.45) is 11.3 Å². The van der Waals surface area contributed by atoms with Crippen LogP contribution < -0.4 is 16.6 Å². The summed E-state index contributed by atoms with van der Waals surface area (Å²) in [6.07, 6.45) is 1.74. The number of hydrogen-bond donors (Lipinski definition) is 5. The van der Waals surface area contributed by atoms with Gasteiger partial charge in [-0.3, -0.25) is 10.6 Å². The third kappa shape index (κ3) is 12.6. The van der Waals surface area contributed by atoms with Crippen molar-refractivity contribution in [2.45, 2.75) is 71.8 Å². The van der Waals surface area contributed by atoms with E-state index in [1.54, 1.807) is 18.7 Å². The number of rotatable bonds is 5. The van der Waals surface area contributed by atoms with E-state index in [2.05, 4.69) is 41.6 Å². The maximum atomic E-state index is 12.5. The number of carbonyl (C=O) groups excluding carboxylic acids is 2. The lowest BCUT2D eigenvalue weighted by atomic mass is 9.75. The van der Waals surface area contributed by atoms with Crippen molar-refractivity contribution in [1.29, 1.82) is 0 Å². The first-order valence-corrected chi connectivity index (χ1v) is 12.3. The maximum absolute atomic E-state index is 12.5. The highest BCUT2D eigenvalue weighted by Gasteiger charge is 2.42. The monoisotopic (exact) mass is 506 g/mol. The molecule has 0 aliphatic carbocycles. The van der Waals surface area contributed by atoms with Gasteiger partial charge < -0.3 is 30.0 Å². The van der Waals surface area contributed by atoms with Gasteiger partial charge in [0.15, 0.2) is 0 Å². The minimum atomic E-state index is -0.397. The van der Waals surface area contributed by atoms with Crippen molar-refractivity contribution < 1.29 is 24.5 Å². The molecule has 0 spiro atoms. The molecule has 2 aliphatic heterocycles. The Kier molecular flexibility index (Phi) is 17.7. The molecule has 1 amide bonds. The van der Waals surface area contributed by atoms with Gasteiger partial charge in [-0.15, -0.1) is 5.92 Å². The summed E-state index contributed by atoms with van der Waals surface area (Å²) in [4.78, 5) is 22.2. The first kappa shape index (κ1) is 33.7. The van der Waals surface area contributed by atoms with Crippen LogP contribution in [-0.2, 0) is 20.9 Å². The topological polar surface area (TPSA) is 137 Å². The summed E-state index contributed by atoms with van der Waals surface area (Å²) in [5.74, 6) is 11.5. The average molecular weight is 507 g/mol. The van der Waals surface area contributed by atoms with Gasteiger partial charge >= 0.3 is 0 Å². The SMILES string of the molecule is C=O.CC#Cc1ccc(CNC)cc1.CC(C)O.CC1(C(NN)C(=O)N2CCC(O)C2)CCOCC1. The summed E-state index contributed by atoms with van der Waals surface area (Å²) in [6, 6.07) is 7.88. The predicted molar refractivity (Wildman–Crippen MR) is 143 cm³/mol. The molecule has 9 nitrogen and oxygen atoms in total. The number of hydrazine groups is 1. The van der Waals surface area contributed by atoms with Crippen molar-refractivity contribution in [3.05, 3.63) is 35.4 Å². The molecular formula is C27H46N4O5. The van der Waals surface area contributed by atoms with Crippen molar-refractivity contribution in [1.82, 2.24) is 15.6 Å². The predicted octanol–water partition coefficient (Wildman–Crippen LogP) is 1.21.